The Labute approximate surface area is 73.8 Å². The molecule has 0 saturated carbocycles. The second-order valence-electron chi connectivity index (χ2n) is 1.77. The Balaban J connectivity index is 0. The van der Waals surface area contributed by atoms with Gasteiger partial charge >= 0.3 is 0 Å². The molecule has 3 heteroatoms. The summed E-state index contributed by atoms with van der Waals surface area (Å²) in [6.07, 6.45) is 0.993. The fourth-order valence-electron chi connectivity index (χ4n) is 0.417. The molecule has 0 aromatic heterocycles. The number of hydrogen-bond donors (Lipinski definition) is 1. The molecule has 2 atom stereocenters. The van der Waals surface area contributed by atoms with Gasteiger partial charge in [-0.15, -0.1) is 11.6 Å². The van der Waals surface area contributed by atoms with Gasteiger partial charge < -0.3 is 0 Å². The highest BCUT2D eigenvalue weighted by molar-refractivity contribution is 7.97. The Morgan fingerprint density at radius 3 is 2.00 bits per heavy atom. The van der Waals surface area contributed by atoms with Crippen LogP contribution in [0, 0.1) is 0 Å². The van der Waals surface area contributed by atoms with Crippen molar-refractivity contribution in [1.82, 2.24) is 0 Å². The summed E-state index contributed by atoms with van der Waals surface area (Å²) in [5, 5.41) is 5.88. The van der Waals surface area contributed by atoms with Crippen molar-refractivity contribution < 1.29 is 0 Å². The zero-order valence-electron chi connectivity index (χ0n) is 7.23. The Kier molecular flexibility index (Phi) is 12.7. The van der Waals surface area contributed by atoms with Crippen molar-refractivity contribution in [2.24, 2.45) is 5.14 Å². The Bertz CT molecular complexity index is 53.6. The highest BCUT2D eigenvalue weighted by Gasteiger charge is 2.09. The average Bonchev–Trinajstić information content (AvgIpc) is 2.05. The molecule has 0 bridgehead atoms. The van der Waals surface area contributed by atoms with Crippen LogP contribution in [0.15, 0.2) is 0 Å². The molecule has 0 aliphatic heterocycles. The van der Waals surface area contributed by atoms with E-state index in [2.05, 4.69) is 6.92 Å². The standard InChI is InChI=1S/C5H12ClNS.C2H6/c1-3-5(6)4(2)8-7;1-2/h4-5H,3,7H2,1-2H3;1-2H3. The van der Waals surface area contributed by atoms with Crippen LogP contribution in [-0.2, 0) is 0 Å². The minimum atomic E-state index is 0.227. The third-order valence-electron chi connectivity index (χ3n) is 1.11. The topological polar surface area (TPSA) is 26.0 Å². The Hall–Kier alpha value is 0.600. The number of hydrogen-bond acceptors (Lipinski definition) is 2. The summed E-state index contributed by atoms with van der Waals surface area (Å²) in [6.45, 7) is 8.09. The summed E-state index contributed by atoms with van der Waals surface area (Å²) in [5.74, 6) is 0. The summed E-state index contributed by atoms with van der Waals surface area (Å²) in [5.41, 5.74) is 0. The normalized spacial score (nSPS) is 15.0. The van der Waals surface area contributed by atoms with Crippen LogP contribution in [0.1, 0.15) is 34.1 Å². The predicted octanol–water partition coefficient (Wildman–Crippen LogP) is 3.03. The smallest absolute Gasteiger partial charge is 0.0462 e. The quantitative estimate of drug-likeness (QED) is 0.538. The van der Waals surface area contributed by atoms with E-state index in [1.54, 1.807) is 0 Å². The van der Waals surface area contributed by atoms with E-state index in [9.17, 15) is 0 Å². The molecule has 0 radical (unpaired) electrons. The van der Waals surface area contributed by atoms with E-state index < -0.39 is 0 Å². The fourth-order valence-corrected chi connectivity index (χ4v) is 0.958. The molecule has 2 unspecified atom stereocenters. The molecular formula is C7H18ClNS. The van der Waals surface area contributed by atoms with E-state index in [0.717, 1.165) is 6.42 Å². The minimum Gasteiger partial charge on any atom is -0.278 e. The molecule has 0 aliphatic carbocycles. The van der Waals surface area contributed by atoms with Gasteiger partial charge in [0.15, 0.2) is 0 Å². The molecule has 2 N–H and O–H groups in total. The van der Waals surface area contributed by atoms with Crippen LogP contribution < -0.4 is 5.14 Å². The van der Waals surface area contributed by atoms with Crippen LogP contribution in [-0.4, -0.2) is 10.6 Å². The van der Waals surface area contributed by atoms with Gasteiger partial charge in [-0.1, -0.05) is 39.6 Å². The minimum absolute atomic E-state index is 0.227. The summed E-state index contributed by atoms with van der Waals surface area (Å²) < 4.78 is 0. The lowest BCUT2D eigenvalue weighted by Gasteiger charge is -2.11. The van der Waals surface area contributed by atoms with Gasteiger partial charge in [0.2, 0.25) is 0 Å². The monoisotopic (exact) mass is 183 g/mol. The zero-order chi connectivity index (χ0) is 8.57. The number of nitrogens with two attached hydrogens (primary N) is 1. The zero-order valence-corrected chi connectivity index (χ0v) is 8.80. The van der Waals surface area contributed by atoms with Crippen molar-refractivity contribution in [3.63, 3.8) is 0 Å². The van der Waals surface area contributed by atoms with Gasteiger partial charge in [0, 0.05) is 10.6 Å². The average molecular weight is 184 g/mol. The van der Waals surface area contributed by atoms with Crippen LogP contribution in [0.5, 0.6) is 0 Å². The molecule has 0 spiro atoms. The molecular weight excluding hydrogens is 166 g/mol. The molecule has 0 heterocycles. The third kappa shape index (κ3) is 6.72. The SMILES string of the molecule is CC.CCC(Cl)C(C)SN. The van der Waals surface area contributed by atoms with Crippen LogP contribution in [0.3, 0.4) is 0 Å². The van der Waals surface area contributed by atoms with E-state index in [1.165, 1.54) is 11.9 Å². The van der Waals surface area contributed by atoms with Crippen molar-refractivity contribution in [1.29, 1.82) is 0 Å². The van der Waals surface area contributed by atoms with Crippen molar-refractivity contribution >= 4 is 23.5 Å². The second kappa shape index (κ2) is 9.60. The lowest BCUT2D eigenvalue weighted by Crippen LogP contribution is -2.14. The van der Waals surface area contributed by atoms with E-state index in [-0.39, 0.29) is 5.38 Å². The van der Waals surface area contributed by atoms with E-state index in [4.69, 9.17) is 16.7 Å². The summed E-state index contributed by atoms with van der Waals surface area (Å²) in [6, 6.07) is 0. The first kappa shape index (κ1) is 13.2. The van der Waals surface area contributed by atoms with Crippen LogP contribution in [0.2, 0.25) is 0 Å². The highest BCUT2D eigenvalue weighted by Crippen LogP contribution is 2.15. The first-order chi connectivity index (χ1) is 4.72. The molecule has 10 heavy (non-hydrogen) atoms. The number of halogens is 1. The molecule has 0 fully saturated rings. The van der Waals surface area contributed by atoms with Crippen LogP contribution in [0.4, 0.5) is 0 Å². The van der Waals surface area contributed by atoms with Gasteiger partial charge in [0.05, 0.1) is 0 Å². The summed E-state index contributed by atoms with van der Waals surface area (Å²) >= 11 is 7.14. The van der Waals surface area contributed by atoms with Gasteiger partial charge in [-0.3, -0.25) is 5.14 Å². The molecule has 64 valence electrons. The van der Waals surface area contributed by atoms with Gasteiger partial charge in [0.1, 0.15) is 0 Å². The van der Waals surface area contributed by atoms with E-state index in [1.807, 2.05) is 20.8 Å². The number of rotatable bonds is 3. The van der Waals surface area contributed by atoms with Gasteiger partial charge in [-0.2, -0.15) is 0 Å². The first-order valence-electron chi connectivity index (χ1n) is 3.72. The first-order valence-corrected chi connectivity index (χ1v) is 5.09. The van der Waals surface area contributed by atoms with E-state index in [0.29, 0.717) is 5.25 Å². The lowest BCUT2D eigenvalue weighted by atomic mass is 10.3. The van der Waals surface area contributed by atoms with Crippen LogP contribution in [0.25, 0.3) is 0 Å². The molecule has 0 rings (SSSR count). The molecule has 0 aliphatic rings. The third-order valence-corrected chi connectivity index (χ3v) is 2.71. The molecule has 0 amide bonds. The van der Waals surface area contributed by atoms with Crippen LogP contribution >= 0.6 is 23.5 Å². The predicted molar refractivity (Wildman–Crippen MR) is 52.5 cm³/mol. The highest BCUT2D eigenvalue weighted by atomic mass is 35.5. The van der Waals surface area contributed by atoms with Crippen molar-refractivity contribution in [2.75, 3.05) is 0 Å². The summed E-state index contributed by atoms with van der Waals surface area (Å²) in [4.78, 5) is 0. The second-order valence-corrected chi connectivity index (χ2v) is 3.34. The molecule has 0 aromatic carbocycles. The largest absolute Gasteiger partial charge is 0.278 e. The Morgan fingerprint density at radius 2 is 1.90 bits per heavy atom. The maximum atomic E-state index is 5.82. The van der Waals surface area contributed by atoms with Crippen molar-refractivity contribution in [3.05, 3.63) is 0 Å². The molecule has 0 aromatic rings. The maximum absolute atomic E-state index is 5.82. The van der Waals surface area contributed by atoms with Gasteiger partial charge in [0.25, 0.3) is 0 Å². The summed E-state index contributed by atoms with van der Waals surface area (Å²) in [7, 11) is 0. The van der Waals surface area contributed by atoms with Crippen molar-refractivity contribution in [3.8, 4) is 0 Å². The molecule has 1 nitrogen and oxygen atoms in total. The van der Waals surface area contributed by atoms with E-state index >= 15 is 0 Å². The number of alkyl halides is 1. The van der Waals surface area contributed by atoms with Gasteiger partial charge in [-0.25, -0.2) is 0 Å². The maximum Gasteiger partial charge on any atom is 0.0462 e. The fraction of sp³-hybridized carbons (Fsp3) is 1.00. The van der Waals surface area contributed by atoms with Crippen molar-refractivity contribution in [2.45, 2.75) is 44.7 Å². The lowest BCUT2D eigenvalue weighted by molar-refractivity contribution is 0.798. The molecule has 0 saturated heterocycles. The Morgan fingerprint density at radius 1 is 1.50 bits per heavy atom. The van der Waals surface area contributed by atoms with Gasteiger partial charge in [-0.05, 0) is 6.42 Å².